The number of hydrogen-bond acceptors (Lipinski definition) is 4. The first-order valence-electron chi connectivity index (χ1n) is 9.51. The summed E-state index contributed by atoms with van der Waals surface area (Å²) in [5, 5.41) is 5.56. The van der Waals surface area contributed by atoms with E-state index in [1.165, 1.54) is 6.92 Å². The maximum atomic E-state index is 12.8. The number of rotatable bonds is 5. The molecule has 8 heteroatoms. The van der Waals surface area contributed by atoms with E-state index in [-0.39, 0.29) is 11.8 Å². The van der Waals surface area contributed by atoms with Crippen LogP contribution in [0.25, 0.3) is 0 Å². The fourth-order valence-electron chi connectivity index (χ4n) is 3.81. The Morgan fingerprint density at radius 1 is 1.29 bits per heavy atom. The molecule has 1 aromatic carbocycles. The molecule has 1 saturated heterocycles. The molecule has 0 bridgehead atoms. The average molecular weight is 386 g/mol. The van der Waals surface area contributed by atoms with E-state index in [0.29, 0.717) is 25.1 Å². The van der Waals surface area contributed by atoms with E-state index >= 15 is 0 Å². The molecule has 150 valence electrons. The van der Waals surface area contributed by atoms with E-state index in [1.54, 1.807) is 37.1 Å². The number of amides is 5. The normalized spacial score (nSPS) is 18.9. The second-order valence-electron chi connectivity index (χ2n) is 7.64. The molecule has 2 N–H and O–H groups in total. The average Bonchev–Trinajstić information content (AvgIpc) is 3.20. The first-order valence-corrected chi connectivity index (χ1v) is 9.51. The third-order valence-electron chi connectivity index (χ3n) is 5.57. The van der Waals surface area contributed by atoms with Crippen LogP contribution in [0, 0.1) is 0 Å². The molecule has 0 radical (unpaired) electrons. The number of benzene rings is 1. The largest absolute Gasteiger partial charge is 0.342 e. The predicted molar refractivity (Wildman–Crippen MR) is 103 cm³/mol. The SMILES string of the molecule is CC(=O)N(C)Cc1cccc(NC(=O)C(C)N2C(=O)NC3(CCCC3)C2=O)c1. The Kier molecular flexibility index (Phi) is 5.40. The third kappa shape index (κ3) is 3.72. The Bertz CT molecular complexity index is 816. The summed E-state index contributed by atoms with van der Waals surface area (Å²) in [5.74, 6) is -0.799. The van der Waals surface area contributed by atoms with Gasteiger partial charge in [-0.1, -0.05) is 25.0 Å². The van der Waals surface area contributed by atoms with E-state index in [9.17, 15) is 19.2 Å². The molecule has 1 heterocycles. The zero-order chi connectivity index (χ0) is 20.5. The fourth-order valence-corrected chi connectivity index (χ4v) is 3.81. The Hall–Kier alpha value is -2.90. The molecule has 1 aliphatic carbocycles. The van der Waals surface area contributed by atoms with Gasteiger partial charge in [-0.3, -0.25) is 14.4 Å². The van der Waals surface area contributed by atoms with E-state index < -0.39 is 23.5 Å². The lowest BCUT2D eigenvalue weighted by Crippen LogP contribution is -2.48. The molecule has 1 saturated carbocycles. The van der Waals surface area contributed by atoms with Gasteiger partial charge in [0, 0.05) is 26.2 Å². The van der Waals surface area contributed by atoms with Crippen LogP contribution in [-0.4, -0.2) is 52.2 Å². The van der Waals surface area contributed by atoms with Crippen molar-refractivity contribution in [3.8, 4) is 0 Å². The highest BCUT2D eigenvalue weighted by Crippen LogP contribution is 2.35. The van der Waals surface area contributed by atoms with Gasteiger partial charge in [0.1, 0.15) is 11.6 Å². The van der Waals surface area contributed by atoms with Crippen LogP contribution in [0.4, 0.5) is 10.5 Å². The first-order chi connectivity index (χ1) is 13.2. The zero-order valence-corrected chi connectivity index (χ0v) is 16.4. The van der Waals surface area contributed by atoms with Crippen LogP contribution in [0.2, 0.25) is 0 Å². The quantitative estimate of drug-likeness (QED) is 0.755. The number of hydrogen-bond donors (Lipinski definition) is 2. The molecule has 1 atom stereocenters. The fraction of sp³-hybridized carbons (Fsp3) is 0.500. The predicted octanol–water partition coefficient (Wildman–Crippen LogP) is 1.86. The van der Waals surface area contributed by atoms with Gasteiger partial charge in [-0.05, 0) is 37.5 Å². The molecule has 1 aromatic rings. The highest BCUT2D eigenvalue weighted by molar-refractivity contribution is 6.11. The molecule has 1 aliphatic heterocycles. The van der Waals surface area contributed by atoms with E-state index in [2.05, 4.69) is 10.6 Å². The van der Waals surface area contributed by atoms with Crippen LogP contribution in [0.5, 0.6) is 0 Å². The zero-order valence-electron chi connectivity index (χ0n) is 16.4. The molecule has 8 nitrogen and oxygen atoms in total. The smallest absolute Gasteiger partial charge is 0.325 e. The van der Waals surface area contributed by atoms with E-state index in [4.69, 9.17) is 0 Å². The second-order valence-corrected chi connectivity index (χ2v) is 7.64. The van der Waals surface area contributed by atoms with Crippen LogP contribution in [0.3, 0.4) is 0 Å². The number of nitrogens with zero attached hydrogens (tertiary/aromatic N) is 2. The van der Waals surface area contributed by atoms with Crippen molar-refractivity contribution in [3.63, 3.8) is 0 Å². The van der Waals surface area contributed by atoms with Gasteiger partial charge in [0.2, 0.25) is 11.8 Å². The lowest BCUT2D eigenvalue weighted by molar-refractivity contribution is -0.136. The summed E-state index contributed by atoms with van der Waals surface area (Å²) in [6.07, 6.45) is 3.02. The summed E-state index contributed by atoms with van der Waals surface area (Å²) in [6.45, 7) is 3.46. The monoisotopic (exact) mass is 386 g/mol. The van der Waals surface area contributed by atoms with E-state index in [0.717, 1.165) is 23.3 Å². The first kappa shape index (κ1) is 19.9. The van der Waals surface area contributed by atoms with Gasteiger partial charge >= 0.3 is 6.03 Å². The maximum Gasteiger partial charge on any atom is 0.325 e. The minimum absolute atomic E-state index is 0.0533. The van der Waals surface area contributed by atoms with Gasteiger partial charge in [-0.25, -0.2) is 9.69 Å². The van der Waals surface area contributed by atoms with Crippen molar-refractivity contribution in [2.24, 2.45) is 0 Å². The highest BCUT2D eigenvalue weighted by atomic mass is 16.2. The third-order valence-corrected chi connectivity index (χ3v) is 5.57. The van der Waals surface area contributed by atoms with Gasteiger partial charge in [-0.2, -0.15) is 0 Å². The summed E-state index contributed by atoms with van der Waals surface area (Å²) in [6, 6.07) is 5.72. The summed E-state index contributed by atoms with van der Waals surface area (Å²) in [7, 11) is 1.70. The number of carbonyl (C=O) groups excluding carboxylic acids is 4. The standard InChI is InChI=1S/C20H26N4O4/c1-13(24-18(27)20(22-19(24)28)9-4-5-10-20)17(26)21-16-8-6-7-15(11-16)12-23(3)14(2)25/h6-8,11,13H,4-5,9-10,12H2,1-3H3,(H,21,26)(H,22,28). The minimum Gasteiger partial charge on any atom is -0.342 e. The molecular weight excluding hydrogens is 360 g/mol. The molecule has 28 heavy (non-hydrogen) atoms. The number of imide groups is 1. The summed E-state index contributed by atoms with van der Waals surface area (Å²) in [5.41, 5.74) is 0.583. The lowest BCUT2D eigenvalue weighted by Gasteiger charge is -2.23. The van der Waals surface area contributed by atoms with Crippen LogP contribution in [0.1, 0.15) is 45.1 Å². The number of nitrogens with one attached hydrogen (secondary N) is 2. The topological polar surface area (TPSA) is 98.8 Å². The molecule has 0 aromatic heterocycles. The number of carbonyl (C=O) groups is 4. The van der Waals surface area contributed by atoms with Gasteiger partial charge in [0.15, 0.2) is 0 Å². The summed E-state index contributed by atoms with van der Waals surface area (Å²) < 4.78 is 0. The van der Waals surface area contributed by atoms with Gasteiger partial charge < -0.3 is 15.5 Å². The highest BCUT2D eigenvalue weighted by Gasteiger charge is 2.54. The lowest BCUT2D eigenvalue weighted by atomic mass is 9.97. The van der Waals surface area contributed by atoms with Crippen molar-refractivity contribution in [3.05, 3.63) is 29.8 Å². The van der Waals surface area contributed by atoms with Crippen molar-refractivity contribution in [1.82, 2.24) is 15.1 Å². The Morgan fingerprint density at radius 2 is 1.96 bits per heavy atom. The van der Waals surface area contributed by atoms with Crippen molar-refractivity contribution >= 4 is 29.4 Å². The molecular formula is C20H26N4O4. The van der Waals surface area contributed by atoms with Crippen LogP contribution >= 0.6 is 0 Å². The Labute approximate surface area is 164 Å². The van der Waals surface area contributed by atoms with Gasteiger partial charge in [0.25, 0.3) is 5.91 Å². The van der Waals surface area contributed by atoms with Crippen LogP contribution in [0.15, 0.2) is 24.3 Å². The van der Waals surface area contributed by atoms with Gasteiger partial charge in [-0.15, -0.1) is 0 Å². The minimum atomic E-state index is -0.920. The Morgan fingerprint density at radius 3 is 2.61 bits per heavy atom. The van der Waals surface area contributed by atoms with Crippen LogP contribution in [-0.2, 0) is 20.9 Å². The van der Waals surface area contributed by atoms with E-state index in [1.807, 2.05) is 6.07 Å². The molecule has 1 spiro atoms. The number of urea groups is 1. The van der Waals surface area contributed by atoms with Crippen molar-refractivity contribution in [1.29, 1.82) is 0 Å². The number of anilines is 1. The van der Waals surface area contributed by atoms with Crippen molar-refractivity contribution in [2.45, 2.75) is 57.7 Å². The van der Waals surface area contributed by atoms with Crippen LogP contribution < -0.4 is 10.6 Å². The second kappa shape index (κ2) is 7.61. The molecule has 2 fully saturated rings. The Balaban J connectivity index is 1.68. The van der Waals surface area contributed by atoms with Gasteiger partial charge in [0.05, 0.1) is 0 Å². The summed E-state index contributed by atoms with van der Waals surface area (Å²) in [4.78, 5) is 51.8. The van der Waals surface area contributed by atoms with Crippen molar-refractivity contribution < 1.29 is 19.2 Å². The molecule has 2 aliphatic rings. The molecule has 5 amide bonds. The molecule has 3 rings (SSSR count). The molecule has 1 unspecified atom stereocenters. The summed E-state index contributed by atoms with van der Waals surface area (Å²) >= 11 is 0. The van der Waals surface area contributed by atoms with Crippen molar-refractivity contribution in [2.75, 3.05) is 12.4 Å². The maximum absolute atomic E-state index is 12.8.